The monoisotopic (exact) mass is 318 g/mol. The van der Waals surface area contributed by atoms with Crippen LogP contribution in [0.1, 0.15) is 44.6 Å². The number of nitrogens with one attached hydrogen (secondary N) is 2. The van der Waals surface area contributed by atoms with Gasteiger partial charge in [0.2, 0.25) is 0 Å². The predicted octanol–water partition coefficient (Wildman–Crippen LogP) is 4.08. The van der Waals surface area contributed by atoms with E-state index in [2.05, 4.69) is 10.3 Å². The van der Waals surface area contributed by atoms with Gasteiger partial charge in [-0.1, -0.05) is 25.1 Å². The van der Waals surface area contributed by atoms with Crippen LogP contribution in [0.4, 0.5) is 10.5 Å². The van der Waals surface area contributed by atoms with Crippen LogP contribution in [0.25, 0.3) is 10.9 Å². The topological polar surface area (TPSA) is 80.4 Å². The number of amides is 1. The number of rotatable bonds is 4. The molecule has 0 unspecified atom stereocenters. The Labute approximate surface area is 135 Å². The molecule has 1 heterocycles. The zero-order valence-electron chi connectivity index (χ0n) is 13.9. The maximum atomic E-state index is 12.4. The second-order valence-electron chi connectivity index (χ2n) is 6.18. The summed E-state index contributed by atoms with van der Waals surface area (Å²) in [6.45, 7) is 7.59. The number of carbonyl (C=O) groups excluding carboxylic acids is 2. The number of para-hydroxylation sites is 1. The summed E-state index contributed by atoms with van der Waals surface area (Å²) < 4.78 is 10.4. The minimum absolute atomic E-state index is 0.203. The minimum Gasteiger partial charge on any atom is -0.455 e. The van der Waals surface area contributed by atoms with Crippen LogP contribution < -0.4 is 5.32 Å². The minimum atomic E-state index is -0.631. The van der Waals surface area contributed by atoms with E-state index < -0.39 is 17.7 Å². The molecular formula is C17H22N2O4. The third-order valence-electron chi connectivity index (χ3n) is 2.97. The van der Waals surface area contributed by atoms with Crippen LogP contribution in [0.3, 0.4) is 0 Å². The van der Waals surface area contributed by atoms with E-state index in [0.717, 1.165) is 17.3 Å². The van der Waals surface area contributed by atoms with Crippen LogP contribution in [-0.2, 0) is 9.47 Å². The molecule has 1 aromatic carbocycles. The van der Waals surface area contributed by atoms with Gasteiger partial charge >= 0.3 is 12.1 Å². The first-order valence-corrected chi connectivity index (χ1v) is 7.59. The lowest BCUT2D eigenvalue weighted by atomic mass is 10.2. The number of benzene rings is 1. The number of hydrogen-bond donors (Lipinski definition) is 2. The number of carbonyl (C=O) groups is 2. The van der Waals surface area contributed by atoms with Gasteiger partial charge in [0.25, 0.3) is 0 Å². The second kappa shape index (κ2) is 6.73. The van der Waals surface area contributed by atoms with Crippen LogP contribution in [-0.4, -0.2) is 29.3 Å². The van der Waals surface area contributed by atoms with Crippen molar-refractivity contribution in [2.75, 3.05) is 11.9 Å². The van der Waals surface area contributed by atoms with E-state index in [1.54, 1.807) is 20.8 Å². The molecule has 0 saturated heterocycles. The first-order valence-electron chi connectivity index (χ1n) is 7.59. The fourth-order valence-electron chi connectivity index (χ4n) is 2.09. The summed E-state index contributed by atoms with van der Waals surface area (Å²) >= 11 is 0. The van der Waals surface area contributed by atoms with E-state index in [0.29, 0.717) is 12.3 Å². The maximum absolute atomic E-state index is 12.4. The highest BCUT2D eigenvalue weighted by molar-refractivity contribution is 6.10. The van der Waals surface area contributed by atoms with Crippen LogP contribution in [0.5, 0.6) is 0 Å². The molecule has 0 aliphatic carbocycles. The van der Waals surface area contributed by atoms with Crippen molar-refractivity contribution < 1.29 is 19.1 Å². The number of esters is 1. The van der Waals surface area contributed by atoms with Crippen LogP contribution in [0.15, 0.2) is 24.3 Å². The summed E-state index contributed by atoms with van der Waals surface area (Å²) in [6.07, 6.45) is 0.127. The van der Waals surface area contributed by atoms with E-state index in [1.165, 1.54) is 0 Å². The third kappa shape index (κ3) is 4.25. The van der Waals surface area contributed by atoms with Crippen molar-refractivity contribution in [1.29, 1.82) is 0 Å². The van der Waals surface area contributed by atoms with Crippen molar-refractivity contribution in [3.8, 4) is 0 Å². The van der Waals surface area contributed by atoms with Gasteiger partial charge in [0.1, 0.15) is 11.3 Å². The summed E-state index contributed by atoms with van der Waals surface area (Å²) in [5.74, 6) is -0.528. The SMILES string of the molecule is CCCOC(=O)Nc1c(C(=O)OC(C)(C)C)[nH]c2ccccc12. The molecule has 1 aromatic heterocycles. The van der Waals surface area contributed by atoms with Crippen molar-refractivity contribution in [3.05, 3.63) is 30.0 Å². The van der Waals surface area contributed by atoms with Gasteiger partial charge in [0.05, 0.1) is 12.3 Å². The van der Waals surface area contributed by atoms with E-state index in [4.69, 9.17) is 9.47 Å². The van der Waals surface area contributed by atoms with E-state index in [9.17, 15) is 9.59 Å². The summed E-state index contributed by atoms with van der Waals surface area (Å²) in [5.41, 5.74) is 0.679. The van der Waals surface area contributed by atoms with E-state index in [-0.39, 0.29) is 5.69 Å². The van der Waals surface area contributed by atoms with E-state index >= 15 is 0 Å². The van der Waals surface area contributed by atoms with Crippen LogP contribution in [0.2, 0.25) is 0 Å². The van der Waals surface area contributed by atoms with Gasteiger partial charge in [-0.15, -0.1) is 0 Å². The highest BCUT2D eigenvalue weighted by Gasteiger charge is 2.25. The fraction of sp³-hybridized carbons (Fsp3) is 0.412. The first-order chi connectivity index (χ1) is 10.8. The van der Waals surface area contributed by atoms with Gasteiger partial charge in [-0.3, -0.25) is 5.32 Å². The summed E-state index contributed by atoms with van der Waals surface area (Å²) in [4.78, 5) is 27.3. The van der Waals surface area contributed by atoms with Gasteiger partial charge < -0.3 is 14.5 Å². The summed E-state index contributed by atoms with van der Waals surface area (Å²) in [6, 6.07) is 7.31. The molecule has 2 rings (SSSR count). The molecule has 0 fully saturated rings. The van der Waals surface area contributed by atoms with Crippen molar-refractivity contribution >= 4 is 28.7 Å². The number of hydrogen-bond acceptors (Lipinski definition) is 4. The number of fused-ring (bicyclic) bond motifs is 1. The Kier molecular flexibility index (Phi) is 4.93. The van der Waals surface area contributed by atoms with Gasteiger partial charge in [-0.05, 0) is 33.3 Å². The molecule has 0 spiro atoms. The molecule has 0 atom stereocenters. The van der Waals surface area contributed by atoms with Gasteiger partial charge in [0, 0.05) is 10.9 Å². The van der Waals surface area contributed by atoms with Crippen molar-refractivity contribution in [2.45, 2.75) is 39.7 Å². The van der Waals surface area contributed by atoms with Gasteiger partial charge in [-0.2, -0.15) is 0 Å². The Morgan fingerprint density at radius 1 is 1.22 bits per heavy atom. The Morgan fingerprint density at radius 3 is 2.57 bits per heavy atom. The zero-order valence-corrected chi connectivity index (χ0v) is 13.9. The molecule has 6 nitrogen and oxygen atoms in total. The molecule has 2 aromatic rings. The number of aromatic nitrogens is 1. The second-order valence-corrected chi connectivity index (χ2v) is 6.18. The lowest BCUT2D eigenvalue weighted by Crippen LogP contribution is -2.25. The highest BCUT2D eigenvalue weighted by Crippen LogP contribution is 2.29. The number of H-pyrrole nitrogens is 1. The van der Waals surface area contributed by atoms with E-state index in [1.807, 2.05) is 31.2 Å². The lowest BCUT2D eigenvalue weighted by molar-refractivity contribution is 0.00651. The Morgan fingerprint density at radius 2 is 1.91 bits per heavy atom. The quantitative estimate of drug-likeness (QED) is 0.832. The van der Waals surface area contributed by atoms with Crippen molar-refractivity contribution in [2.24, 2.45) is 0 Å². The largest absolute Gasteiger partial charge is 0.455 e. The summed E-state index contributed by atoms with van der Waals surface area (Å²) in [5, 5.41) is 3.37. The molecule has 1 amide bonds. The fourth-order valence-corrected chi connectivity index (χ4v) is 2.09. The van der Waals surface area contributed by atoms with Crippen LogP contribution >= 0.6 is 0 Å². The van der Waals surface area contributed by atoms with Crippen LogP contribution in [0, 0.1) is 0 Å². The molecule has 0 radical (unpaired) electrons. The molecule has 6 heteroatoms. The summed E-state index contributed by atoms with van der Waals surface area (Å²) in [7, 11) is 0. The number of aromatic amines is 1. The average Bonchev–Trinajstić information content (AvgIpc) is 2.82. The number of anilines is 1. The number of ether oxygens (including phenoxy) is 2. The molecule has 23 heavy (non-hydrogen) atoms. The lowest BCUT2D eigenvalue weighted by Gasteiger charge is -2.19. The zero-order chi connectivity index (χ0) is 17.0. The third-order valence-corrected chi connectivity index (χ3v) is 2.97. The molecule has 0 aliphatic rings. The molecular weight excluding hydrogens is 296 g/mol. The van der Waals surface area contributed by atoms with Crippen molar-refractivity contribution in [3.63, 3.8) is 0 Å². The normalized spacial score (nSPS) is 11.3. The Bertz CT molecular complexity index is 713. The maximum Gasteiger partial charge on any atom is 0.411 e. The first kappa shape index (κ1) is 16.9. The molecule has 124 valence electrons. The molecule has 0 aliphatic heterocycles. The van der Waals surface area contributed by atoms with Gasteiger partial charge in [-0.25, -0.2) is 9.59 Å². The smallest absolute Gasteiger partial charge is 0.411 e. The molecule has 0 saturated carbocycles. The molecule has 0 bridgehead atoms. The standard InChI is InChI=1S/C17H22N2O4/c1-5-10-22-16(21)19-13-11-8-6-7-9-12(11)18-14(13)15(20)23-17(2,3)4/h6-9,18H,5,10H2,1-4H3,(H,19,21). The molecule has 2 N–H and O–H groups in total. The van der Waals surface area contributed by atoms with Crippen molar-refractivity contribution in [1.82, 2.24) is 4.98 Å². The van der Waals surface area contributed by atoms with Gasteiger partial charge in [0.15, 0.2) is 0 Å². The average molecular weight is 318 g/mol. The predicted molar refractivity (Wildman–Crippen MR) is 88.7 cm³/mol. The highest BCUT2D eigenvalue weighted by atomic mass is 16.6. The Hall–Kier alpha value is -2.50. The Balaban J connectivity index is 2.37.